The standard InChI is InChI=1S/C27H26N2O6/c1-17(30)19-11-13-20(14-12-19)28-24(31)16-35-27(34)23(15-18-7-3-2-4-8-18)29-25(32)21-9-5-6-10-22(21)26(29)33/h2-8,11-14,21-23H,9-10,15-16H2,1H3,(H,28,31)/t21-,22-,23+/m1/s1. The largest absolute Gasteiger partial charge is 0.454 e. The van der Waals surface area contributed by atoms with Crippen molar-refractivity contribution in [3.05, 3.63) is 77.9 Å². The molecule has 35 heavy (non-hydrogen) atoms. The van der Waals surface area contributed by atoms with Gasteiger partial charge in [0.1, 0.15) is 6.04 Å². The van der Waals surface area contributed by atoms with Gasteiger partial charge in [-0.25, -0.2) is 4.79 Å². The number of anilines is 1. The van der Waals surface area contributed by atoms with E-state index in [1.807, 2.05) is 18.2 Å². The fraction of sp³-hybridized carbons (Fsp3) is 0.296. The summed E-state index contributed by atoms with van der Waals surface area (Å²) in [6.45, 7) is 0.864. The maximum absolute atomic E-state index is 13.1. The van der Waals surface area contributed by atoms with Crippen LogP contribution in [0.4, 0.5) is 5.69 Å². The van der Waals surface area contributed by atoms with Crippen LogP contribution in [0.2, 0.25) is 0 Å². The number of Topliss-reactive ketones (excluding diaryl/α,β-unsaturated/α-hetero) is 1. The number of ether oxygens (including phenoxy) is 1. The number of hydrogen-bond donors (Lipinski definition) is 1. The Morgan fingerprint density at radius 3 is 2.11 bits per heavy atom. The lowest BCUT2D eigenvalue weighted by atomic mass is 9.85. The molecule has 1 aliphatic heterocycles. The van der Waals surface area contributed by atoms with Crippen LogP contribution in [-0.4, -0.2) is 47.0 Å². The van der Waals surface area contributed by atoms with E-state index in [1.54, 1.807) is 48.5 Å². The second kappa shape index (κ2) is 10.5. The summed E-state index contributed by atoms with van der Waals surface area (Å²) in [4.78, 5) is 64.1. The summed E-state index contributed by atoms with van der Waals surface area (Å²) in [5, 5.41) is 2.60. The third-order valence-electron chi connectivity index (χ3n) is 6.32. The Morgan fingerprint density at radius 2 is 1.54 bits per heavy atom. The van der Waals surface area contributed by atoms with Crippen LogP contribution < -0.4 is 5.32 Å². The van der Waals surface area contributed by atoms with E-state index < -0.39 is 36.4 Å². The second-order valence-corrected chi connectivity index (χ2v) is 8.70. The molecule has 2 aromatic carbocycles. The molecule has 1 saturated heterocycles. The molecule has 3 amide bonds. The highest BCUT2D eigenvalue weighted by Crippen LogP contribution is 2.36. The first-order valence-corrected chi connectivity index (χ1v) is 11.5. The van der Waals surface area contributed by atoms with Crippen LogP contribution in [0.5, 0.6) is 0 Å². The monoisotopic (exact) mass is 474 g/mol. The molecule has 180 valence electrons. The van der Waals surface area contributed by atoms with Gasteiger partial charge in [-0.05, 0) is 49.6 Å². The highest BCUT2D eigenvalue weighted by Gasteiger charge is 2.51. The summed E-state index contributed by atoms with van der Waals surface area (Å²) in [5.74, 6) is -3.19. The summed E-state index contributed by atoms with van der Waals surface area (Å²) in [6, 6.07) is 14.2. The highest BCUT2D eigenvalue weighted by molar-refractivity contribution is 6.08. The first kappa shape index (κ1) is 24.1. The zero-order valence-electron chi connectivity index (χ0n) is 19.3. The van der Waals surface area contributed by atoms with E-state index >= 15 is 0 Å². The van der Waals surface area contributed by atoms with Crippen molar-refractivity contribution in [2.45, 2.75) is 32.2 Å². The summed E-state index contributed by atoms with van der Waals surface area (Å²) in [7, 11) is 0. The van der Waals surface area contributed by atoms with Crippen LogP contribution in [0.15, 0.2) is 66.7 Å². The van der Waals surface area contributed by atoms with Gasteiger partial charge in [-0.15, -0.1) is 0 Å². The first-order valence-electron chi connectivity index (χ1n) is 11.5. The first-order chi connectivity index (χ1) is 16.8. The Morgan fingerprint density at radius 1 is 0.943 bits per heavy atom. The van der Waals surface area contributed by atoms with Crippen LogP contribution >= 0.6 is 0 Å². The Bertz CT molecular complexity index is 1150. The number of rotatable bonds is 8. The number of fused-ring (bicyclic) bond motifs is 1. The van der Waals surface area contributed by atoms with Gasteiger partial charge in [-0.3, -0.25) is 24.1 Å². The van der Waals surface area contributed by atoms with Crippen LogP contribution in [0, 0.1) is 11.8 Å². The fourth-order valence-corrected chi connectivity index (χ4v) is 4.47. The van der Waals surface area contributed by atoms with Gasteiger partial charge in [0.25, 0.3) is 5.91 Å². The molecule has 2 aliphatic rings. The molecule has 0 spiro atoms. The normalized spacial score (nSPS) is 19.7. The van der Waals surface area contributed by atoms with Crippen molar-refractivity contribution in [3.63, 3.8) is 0 Å². The van der Waals surface area contributed by atoms with Crippen molar-refractivity contribution in [1.82, 2.24) is 4.90 Å². The zero-order valence-corrected chi connectivity index (χ0v) is 19.3. The molecule has 0 unspecified atom stereocenters. The number of amides is 3. The maximum atomic E-state index is 13.1. The lowest BCUT2D eigenvalue weighted by Gasteiger charge is -2.25. The van der Waals surface area contributed by atoms with Gasteiger partial charge in [0.2, 0.25) is 11.8 Å². The van der Waals surface area contributed by atoms with Crippen molar-refractivity contribution in [2.75, 3.05) is 11.9 Å². The molecule has 0 aromatic heterocycles. The average molecular weight is 475 g/mol. The summed E-state index contributed by atoms with van der Waals surface area (Å²) in [5.41, 5.74) is 1.71. The molecule has 8 heteroatoms. The zero-order chi connectivity index (χ0) is 24.9. The third-order valence-corrected chi connectivity index (χ3v) is 6.32. The van der Waals surface area contributed by atoms with E-state index in [4.69, 9.17) is 4.74 Å². The number of benzene rings is 2. The van der Waals surface area contributed by atoms with Gasteiger partial charge in [0.15, 0.2) is 12.4 Å². The Labute approximate surface area is 202 Å². The molecule has 1 aliphatic carbocycles. The van der Waals surface area contributed by atoms with Gasteiger partial charge >= 0.3 is 5.97 Å². The number of carbonyl (C=O) groups excluding carboxylic acids is 5. The molecule has 0 saturated carbocycles. The predicted octanol–water partition coefficient (Wildman–Crippen LogP) is 2.93. The van der Waals surface area contributed by atoms with Crippen LogP contribution in [0.3, 0.4) is 0 Å². The van der Waals surface area contributed by atoms with Crippen molar-refractivity contribution in [2.24, 2.45) is 11.8 Å². The lowest BCUT2D eigenvalue weighted by Crippen LogP contribution is -2.48. The molecular weight excluding hydrogens is 448 g/mol. The van der Waals surface area contributed by atoms with E-state index in [2.05, 4.69) is 5.32 Å². The van der Waals surface area contributed by atoms with E-state index in [0.717, 1.165) is 10.5 Å². The molecule has 0 radical (unpaired) electrons. The predicted molar refractivity (Wildman–Crippen MR) is 127 cm³/mol. The summed E-state index contributed by atoms with van der Waals surface area (Å²) >= 11 is 0. The number of hydrogen-bond acceptors (Lipinski definition) is 6. The molecule has 3 atom stereocenters. The topological polar surface area (TPSA) is 110 Å². The number of ketones is 1. The van der Waals surface area contributed by atoms with Crippen LogP contribution in [0.25, 0.3) is 0 Å². The average Bonchev–Trinajstić information content (AvgIpc) is 3.12. The third kappa shape index (κ3) is 5.37. The molecule has 0 bridgehead atoms. The number of carbonyl (C=O) groups is 5. The molecule has 8 nitrogen and oxygen atoms in total. The molecule has 2 aromatic rings. The summed E-state index contributed by atoms with van der Waals surface area (Å²) in [6.07, 6.45) is 4.78. The van der Waals surface area contributed by atoms with Gasteiger partial charge in [0.05, 0.1) is 11.8 Å². The lowest BCUT2D eigenvalue weighted by molar-refractivity contribution is -0.159. The van der Waals surface area contributed by atoms with Gasteiger partial charge in [-0.1, -0.05) is 42.5 Å². The Kier molecular flexibility index (Phi) is 7.19. The van der Waals surface area contributed by atoms with Crippen LogP contribution in [-0.2, 0) is 30.3 Å². The SMILES string of the molecule is CC(=O)c1ccc(NC(=O)COC(=O)[C@H](Cc2ccccc2)N2C(=O)[C@@H]3CC=CC[C@H]3C2=O)cc1. The number of imide groups is 1. The second-order valence-electron chi connectivity index (χ2n) is 8.70. The van der Waals surface area contributed by atoms with Crippen molar-refractivity contribution in [3.8, 4) is 0 Å². The van der Waals surface area contributed by atoms with Crippen molar-refractivity contribution < 1.29 is 28.7 Å². The number of likely N-dealkylation sites (tertiary alicyclic amines) is 1. The Hall–Kier alpha value is -4.07. The van der Waals surface area contributed by atoms with Crippen molar-refractivity contribution in [1.29, 1.82) is 0 Å². The smallest absolute Gasteiger partial charge is 0.330 e. The quantitative estimate of drug-likeness (QED) is 0.273. The van der Waals surface area contributed by atoms with Gasteiger partial charge < -0.3 is 10.1 Å². The molecule has 1 fully saturated rings. The molecular formula is C27H26N2O6. The van der Waals surface area contributed by atoms with Gasteiger partial charge in [-0.2, -0.15) is 0 Å². The van der Waals surface area contributed by atoms with E-state index in [-0.39, 0.29) is 24.0 Å². The van der Waals surface area contributed by atoms with E-state index in [0.29, 0.717) is 24.1 Å². The molecule has 1 N–H and O–H groups in total. The highest BCUT2D eigenvalue weighted by atomic mass is 16.5. The Balaban J connectivity index is 1.45. The van der Waals surface area contributed by atoms with Crippen molar-refractivity contribution >= 4 is 35.2 Å². The van der Waals surface area contributed by atoms with Crippen LogP contribution in [0.1, 0.15) is 35.7 Å². The minimum atomic E-state index is -1.16. The molecule has 1 heterocycles. The minimum absolute atomic E-state index is 0.0945. The minimum Gasteiger partial charge on any atom is -0.454 e. The van der Waals surface area contributed by atoms with E-state index in [1.165, 1.54) is 6.92 Å². The fourth-order valence-electron chi connectivity index (χ4n) is 4.47. The molecule has 4 rings (SSSR count). The van der Waals surface area contributed by atoms with Gasteiger partial charge in [0, 0.05) is 17.7 Å². The number of allylic oxidation sites excluding steroid dienone is 2. The maximum Gasteiger partial charge on any atom is 0.330 e. The summed E-state index contributed by atoms with van der Waals surface area (Å²) < 4.78 is 5.27. The number of nitrogens with zero attached hydrogens (tertiary/aromatic N) is 1. The number of esters is 1. The van der Waals surface area contributed by atoms with E-state index in [9.17, 15) is 24.0 Å². The number of nitrogens with one attached hydrogen (secondary N) is 1.